The third-order valence-electron chi connectivity index (χ3n) is 2.90. The summed E-state index contributed by atoms with van der Waals surface area (Å²) < 4.78 is 0. The van der Waals surface area contributed by atoms with Gasteiger partial charge in [0.2, 0.25) is 11.8 Å². The van der Waals surface area contributed by atoms with E-state index in [1.165, 1.54) is 11.3 Å². The van der Waals surface area contributed by atoms with Crippen molar-refractivity contribution in [1.82, 2.24) is 10.3 Å². The molecule has 0 fully saturated rings. The predicted octanol–water partition coefficient (Wildman–Crippen LogP) is 1.51. The molecule has 0 unspecified atom stereocenters. The van der Waals surface area contributed by atoms with Gasteiger partial charge in [-0.05, 0) is 5.92 Å². The van der Waals surface area contributed by atoms with Crippen molar-refractivity contribution in [3.63, 3.8) is 0 Å². The lowest BCUT2D eigenvalue weighted by atomic mass is 10.0. The van der Waals surface area contributed by atoms with Crippen molar-refractivity contribution in [3.8, 4) is 0 Å². The number of carbonyl (C=O) groups excluding carboxylic acids is 2. The minimum atomic E-state index is -1.06. The van der Waals surface area contributed by atoms with E-state index in [0.717, 1.165) is 0 Å². The first-order valence-electron chi connectivity index (χ1n) is 6.98. The summed E-state index contributed by atoms with van der Waals surface area (Å²) in [7, 11) is 0. The molecule has 2 amide bonds. The highest BCUT2D eigenvalue weighted by molar-refractivity contribution is 7.13. The molecule has 1 aromatic rings. The Morgan fingerprint density at radius 1 is 1.27 bits per heavy atom. The Morgan fingerprint density at radius 2 is 1.91 bits per heavy atom. The van der Waals surface area contributed by atoms with Crippen LogP contribution in [0.5, 0.6) is 0 Å². The van der Waals surface area contributed by atoms with Crippen LogP contribution < -0.4 is 10.6 Å². The van der Waals surface area contributed by atoms with Crippen molar-refractivity contribution >= 4 is 34.3 Å². The number of amides is 2. The van der Waals surface area contributed by atoms with Crippen LogP contribution in [0.25, 0.3) is 0 Å². The number of carboxylic acid groups (broad SMARTS) is 1. The third kappa shape index (κ3) is 5.44. The van der Waals surface area contributed by atoms with Gasteiger partial charge >= 0.3 is 5.97 Å². The van der Waals surface area contributed by atoms with Gasteiger partial charge in [-0.25, -0.2) is 9.78 Å². The van der Waals surface area contributed by atoms with E-state index < -0.39 is 17.9 Å². The van der Waals surface area contributed by atoms with Crippen LogP contribution in [0.3, 0.4) is 0 Å². The number of nitrogens with zero attached hydrogens (tertiary/aromatic N) is 1. The number of rotatable bonds is 7. The minimum absolute atomic E-state index is 0.0233. The Morgan fingerprint density at radius 3 is 2.41 bits per heavy atom. The maximum atomic E-state index is 11.9. The fourth-order valence-corrected chi connectivity index (χ4v) is 2.31. The summed E-state index contributed by atoms with van der Waals surface area (Å²) in [5, 5.41) is 16.3. The molecule has 1 rings (SSSR count). The van der Waals surface area contributed by atoms with Crippen LogP contribution in [0, 0.1) is 11.8 Å². The molecular formula is C14H21N3O4S. The molecule has 0 aliphatic rings. The third-order valence-corrected chi connectivity index (χ3v) is 3.70. The first-order valence-corrected chi connectivity index (χ1v) is 7.86. The number of aromatic nitrogens is 1. The Labute approximate surface area is 133 Å². The summed E-state index contributed by atoms with van der Waals surface area (Å²) >= 11 is 1.23. The monoisotopic (exact) mass is 327 g/mol. The molecule has 1 atom stereocenters. The topological polar surface area (TPSA) is 108 Å². The van der Waals surface area contributed by atoms with E-state index in [4.69, 9.17) is 5.11 Å². The lowest BCUT2D eigenvalue weighted by Crippen LogP contribution is -2.44. The minimum Gasteiger partial charge on any atom is -0.480 e. The van der Waals surface area contributed by atoms with Crippen molar-refractivity contribution in [1.29, 1.82) is 0 Å². The average molecular weight is 327 g/mol. The number of carboxylic acids is 1. The molecule has 1 aromatic heterocycles. The van der Waals surface area contributed by atoms with Gasteiger partial charge in [-0.3, -0.25) is 9.59 Å². The van der Waals surface area contributed by atoms with Crippen molar-refractivity contribution in [2.75, 3.05) is 5.32 Å². The van der Waals surface area contributed by atoms with Crippen LogP contribution in [0.15, 0.2) is 5.38 Å². The Hall–Kier alpha value is -1.96. The van der Waals surface area contributed by atoms with Crippen LogP contribution in [-0.4, -0.2) is 33.9 Å². The normalized spacial score (nSPS) is 12.3. The SMILES string of the molecule is CC(C)C(=O)Nc1nc(CC(=O)N[C@H](C(=O)O)C(C)C)cs1. The Bertz CT molecular complexity index is 554. The van der Waals surface area contributed by atoms with Gasteiger partial charge in [0.05, 0.1) is 12.1 Å². The number of anilines is 1. The van der Waals surface area contributed by atoms with Gasteiger partial charge in [-0.1, -0.05) is 27.7 Å². The van der Waals surface area contributed by atoms with Gasteiger partial charge in [0.25, 0.3) is 0 Å². The number of carbonyl (C=O) groups is 3. The summed E-state index contributed by atoms with van der Waals surface area (Å²) in [6, 6.07) is -0.925. The summed E-state index contributed by atoms with van der Waals surface area (Å²) in [5.74, 6) is -1.98. The highest BCUT2D eigenvalue weighted by Crippen LogP contribution is 2.16. The number of hydrogen-bond donors (Lipinski definition) is 3. The van der Waals surface area contributed by atoms with Crippen LogP contribution in [0.2, 0.25) is 0 Å². The van der Waals surface area contributed by atoms with Crippen LogP contribution in [0.4, 0.5) is 5.13 Å². The highest BCUT2D eigenvalue weighted by Gasteiger charge is 2.23. The van der Waals surface area contributed by atoms with Gasteiger partial charge < -0.3 is 15.7 Å². The maximum absolute atomic E-state index is 11.9. The summed E-state index contributed by atoms with van der Waals surface area (Å²) in [5.41, 5.74) is 0.495. The molecule has 7 nitrogen and oxygen atoms in total. The number of nitrogens with one attached hydrogen (secondary N) is 2. The van der Waals surface area contributed by atoms with Crippen LogP contribution >= 0.6 is 11.3 Å². The molecule has 0 saturated heterocycles. The maximum Gasteiger partial charge on any atom is 0.326 e. The molecule has 0 aromatic carbocycles. The van der Waals surface area contributed by atoms with Gasteiger partial charge in [0, 0.05) is 11.3 Å². The lowest BCUT2D eigenvalue weighted by Gasteiger charge is -2.17. The zero-order valence-corrected chi connectivity index (χ0v) is 13.9. The molecule has 0 aliphatic heterocycles. The van der Waals surface area contributed by atoms with Crippen molar-refractivity contribution in [2.24, 2.45) is 11.8 Å². The van der Waals surface area contributed by atoms with Gasteiger partial charge in [-0.15, -0.1) is 11.3 Å². The molecule has 122 valence electrons. The van der Waals surface area contributed by atoms with E-state index in [9.17, 15) is 14.4 Å². The zero-order chi connectivity index (χ0) is 16.9. The highest BCUT2D eigenvalue weighted by atomic mass is 32.1. The molecule has 3 N–H and O–H groups in total. The smallest absolute Gasteiger partial charge is 0.326 e. The van der Waals surface area contributed by atoms with Crippen LogP contribution in [-0.2, 0) is 20.8 Å². The van der Waals surface area contributed by atoms with Crippen molar-refractivity contribution in [3.05, 3.63) is 11.1 Å². The lowest BCUT2D eigenvalue weighted by molar-refractivity contribution is -0.143. The first-order chi connectivity index (χ1) is 10.2. The molecule has 1 heterocycles. The van der Waals surface area contributed by atoms with E-state index in [-0.39, 0.29) is 24.2 Å². The second-order valence-electron chi connectivity index (χ2n) is 5.59. The Kier molecular flexibility index (Phi) is 6.48. The molecular weight excluding hydrogens is 306 g/mol. The molecule has 0 bridgehead atoms. The van der Waals surface area contributed by atoms with Gasteiger partial charge in [0.1, 0.15) is 6.04 Å². The van der Waals surface area contributed by atoms with Gasteiger partial charge in [-0.2, -0.15) is 0 Å². The van der Waals surface area contributed by atoms with E-state index >= 15 is 0 Å². The first kappa shape index (κ1) is 18.1. The molecule has 22 heavy (non-hydrogen) atoms. The number of aliphatic carboxylic acids is 1. The molecule has 8 heteroatoms. The average Bonchev–Trinajstić information content (AvgIpc) is 2.82. The quantitative estimate of drug-likeness (QED) is 0.703. The molecule has 0 saturated carbocycles. The van der Waals surface area contributed by atoms with Crippen molar-refractivity contribution in [2.45, 2.75) is 40.2 Å². The second kappa shape index (κ2) is 7.88. The number of hydrogen-bond acceptors (Lipinski definition) is 5. The van der Waals surface area contributed by atoms with E-state index in [2.05, 4.69) is 15.6 Å². The zero-order valence-electron chi connectivity index (χ0n) is 13.0. The van der Waals surface area contributed by atoms with Crippen molar-refractivity contribution < 1.29 is 19.5 Å². The summed E-state index contributed by atoms with van der Waals surface area (Å²) in [6.07, 6.45) is -0.0233. The van der Waals surface area contributed by atoms with E-state index in [1.807, 2.05) is 0 Å². The van der Waals surface area contributed by atoms with Crippen LogP contribution in [0.1, 0.15) is 33.4 Å². The summed E-state index contributed by atoms with van der Waals surface area (Å²) in [4.78, 5) is 38.6. The summed E-state index contributed by atoms with van der Waals surface area (Å²) in [6.45, 7) is 6.99. The fraction of sp³-hybridized carbons (Fsp3) is 0.571. The molecule has 0 aliphatic carbocycles. The molecule has 0 radical (unpaired) electrons. The largest absolute Gasteiger partial charge is 0.480 e. The van der Waals surface area contributed by atoms with E-state index in [0.29, 0.717) is 10.8 Å². The Balaban J connectivity index is 2.60. The number of thiazole rings is 1. The second-order valence-corrected chi connectivity index (χ2v) is 6.45. The van der Waals surface area contributed by atoms with E-state index in [1.54, 1.807) is 33.1 Å². The molecule has 0 spiro atoms. The predicted molar refractivity (Wildman–Crippen MR) is 83.7 cm³/mol. The van der Waals surface area contributed by atoms with Gasteiger partial charge in [0.15, 0.2) is 5.13 Å². The standard InChI is InChI=1S/C14H21N3O4S/c1-7(2)11(13(20)21)16-10(18)5-9-6-22-14(15-9)17-12(19)8(3)4/h6-8,11H,5H2,1-4H3,(H,16,18)(H,20,21)(H,15,17,19)/t11-/m0/s1. The fourth-order valence-electron chi connectivity index (χ4n) is 1.60.